The molecule has 344 valence electrons. The predicted molar refractivity (Wildman–Crippen MR) is 256 cm³/mol. The molecule has 6 heteroatoms. The van der Waals surface area contributed by atoms with E-state index in [1.54, 1.807) is 0 Å². The topological polar surface area (TPSA) is 78.9 Å². The quantitative estimate of drug-likeness (QED) is 0.0263. The molecule has 0 amide bonds. The number of allylic oxidation sites excluding steroid dienone is 12. The molecule has 0 aliphatic heterocycles. The summed E-state index contributed by atoms with van der Waals surface area (Å²) in [7, 11) is 0. The van der Waals surface area contributed by atoms with Crippen LogP contribution in [0.3, 0.4) is 0 Å². The maximum atomic E-state index is 12.8. The number of esters is 3. The first-order valence-electron chi connectivity index (χ1n) is 24.9. The molecule has 0 aromatic heterocycles. The van der Waals surface area contributed by atoms with Crippen LogP contribution >= 0.6 is 0 Å². The van der Waals surface area contributed by atoms with E-state index in [0.717, 1.165) is 89.9 Å². The average molecular weight is 837 g/mol. The summed E-state index contributed by atoms with van der Waals surface area (Å²) in [5.74, 6) is -1.00. The van der Waals surface area contributed by atoms with Gasteiger partial charge in [0.15, 0.2) is 6.10 Å². The zero-order chi connectivity index (χ0) is 43.7. The predicted octanol–water partition coefficient (Wildman–Crippen LogP) is 16.3. The molecule has 0 aliphatic rings. The van der Waals surface area contributed by atoms with Gasteiger partial charge in [-0.25, -0.2) is 0 Å². The third-order valence-corrected chi connectivity index (χ3v) is 10.5. The molecule has 0 aliphatic carbocycles. The van der Waals surface area contributed by atoms with Crippen LogP contribution in [0, 0.1) is 0 Å². The second-order valence-electron chi connectivity index (χ2n) is 16.3. The fraction of sp³-hybridized carbons (Fsp3) is 0.722. The van der Waals surface area contributed by atoms with Crippen LogP contribution in [-0.4, -0.2) is 37.2 Å². The van der Waals surface area contributed by atoms with Gasteiger partial charge in [-0.1, -0.05) is 216 Å². The minimum Gasteiger partial charge on any atom is -0.462 e. The number of rotatable bonds is 44. The first kappa shape index (κ1) is 56.9. The van der Waals surface area contributed by atoms with Crippen LogP contribution < -0.4 is 0 Å². The number of hydrogen-bond acceptors (Lipinski definition) is 6. The molecule has 1 unspecified atom stereocenters. The SMILES string of the molecule is CC/C=C\C/C=C\C/C=C\C/C=C\CCC(=O)OCC(COC(=O)CCCCCCCCCCCCCCCCC)OC(=O)CCCCCCC/C=C\C/C=C\CCCC. The van der Waals surface area contributed by atoms with Crippen molar-refractivity contribution in [3.05, 3.63) is 72.9 Å². The highest BCUT2D eigenvalue weighted by molar-refractivity contribution is 5.71. The smallest absolute Gasteiger partial charge is 0.306 e. The number of carbonyl (C=O) groups is 3. The number of hydrogen-bond donors (Lipinski definition) is 0. The summed E-state index contributed by atoms with van der Waals surface area (Å²) in [6.07, 6.45) is 60.4. The van der Waals surface area contributed by atoms with Crippen LogP contribution in [-0.2, 0) is 28.6 Å². The lowest BCUT2D eigenvalue weighted by molar-refractivity contribution is -0.166. The zero-order valence-electron chi connectivity index (χ0n) is 39.2. The van der Waals surface area contributed by atoms with Crippen LogP contribution in [0.15, 0.2) is 72.9 Å². The van der Waals surface area contributed by atoms with E-state index >= 15 is 0 Å². The van der Waals surface area contributed by atoms with Crippen LogP contribution in [0.4, 0.5) is 0 Å². The van der Waals surface area contributed by atoms with E-state index in [2.05, 4.69) is 81.5 Å². The maximum Gasteiger partial charge on any atom is 0.306 e. The fourth-order valence-corrected chi connectivity index (χ4v) is 6.71. The van der Waals surface area contributed by atoms with Gasteiger partial charge in [-0.3, -0.25) is 14.4 Å². The summed E-state index contributed by atoms with van der Waals surface area (Å²) in [5, 5.41) is 0. The van der Waals surface area contributed by atoms with Gasteiger partial charge in [-0.2, -0.15) is 0 Å². The Bertz CT molecular complexity index is 1140. The second-order valence-corrected chi connectivity index (χ2v) is 16.3. The van der Waals surface area contributed by atoms with Crippen molar-refractivity contribution in [1.82, 2.24) is 0 Å². The lowest BCUT2D eigenvalue weighted by atomic mass is 10.0. The molecule has 0 N–H and O–H groups in total. The first-order valence-corrected chi connectivity index (χ1v) is 24.9. The largest absolute Gasteiger partial charge is 0.462 e. The van der Waals surface area contributed by atoms with Crippen LogP contribution in [0.25, 0.3) is 0 Å². The molecule has 0 heterocycles. The van der Waals surface area contributed by atoms with Crippen molar-refractivity contribution in [3.63, 3.8) is 0 Å². The molecular formula is C54H92O6. The summed E-state index contributed by atoms with van der Waals surface area (Å²) < 4.78 is 16.7. The van der Waals surface area contributed by atoms with Gasteiger partial charge in [0.1, 0.15) is 13.2 Å². The van der Waals surface area contributed by atoms with Crippen molar-refractivity contribution in [2.45, 2.75) is 239 Å². The van der Waals surface area contributed by atoms with E-state index in [0.29, 0.717) is 19.3 Å². The molecular weight excluding hydrogens is 745 g/mol. The van der Waals surface area contributed by atoms with Crippen molar-refractivity contribution in [3.8, 4) is 0 Å². The van der Waals surface area contributed by atoms with E-state index in [1.165, 1.54) is 96.3 Å². The monoisotopic (exact) mass is 837 g/mol. The van der Waals surface area contributed by atoms with Crippen molar-refractivity contribution in [2.24, 2.45) is 0 Å². The Morgan fingerprint density at radius 1 is 0.350 bits per heavy atom. The van der Waals surface area contributed by atoms with Crippen LogP contribution in [0.1, 0.15) is 233 Å². The summed E-state index contributed by atoms with van der Waals surface area (Å²) >= 11 is 0. The molecule has 6 nitrogen and oxygen atoms in total. The van der Waals surface area contributed by atoms with Crippen molar-refractivity contribution in [2.75, 3.05) is 13.2 Å². The van der Waals surface area contributed by atoms with Gasteiger partial charge >= 0.3 is 17.9 Å². The molecule has 0 radical (unpaired) electrons. The number of ether oxygens (including phenoxy) is 3. The Kier molecular flexibility index (Phi) is 46.0. The highest BCUT2D eigenvalue weighted by Crippen LogP contribution is 2.15. The van der Waals surface area contributed by atoms with Gasteiger partial charge in [0.25, 0.3) is 0 Å². The van der Waals surface area contributed by atoms with E-state index in [4.69, 9.17) is 14.2 Å². The zero-order valence-corrected chi connectivity index (χ0v) is 39.2. The summed E-state index contributed by atoms with van der Waals surface area (Å²) in [6, 6.07) is 0. The van der Waals surface area contributed by atoms with Gasteiger partial charge in [0.05, 0.1) is 0 Å². The van der Waals surface area contributed by atoms with Crippen LogP contribution in [0.5, 0.6) is 0 Å². The third-order valence-electron chi connectivity index (χ3n) is 10.5. The Morgan fingerprint density at radius 2 is 0.700 bits per heavy atom. The highest BCUT2D eigenvalue weighted by atomic mass is 16.6. The standard InChI is InChI=1S/C54H92O6/c1-4-7-10-13-16-19-22-25-27-30-32-35-38-41-44-47-53(56)59-50-51(49-58-52(55)46-43-40-37-34-31-28-24-21-18-15-12-9-6-3)60-54(57)48-45-42-39-36-33-29-26-23-20-17-14-11-8-5-2/h9,12,14,17-18,21,23,26,28,31,37,40,51H,4-8,10-11,13,15-16,19-20,22,24-25,27,29-30,32-36,38-39,41-50H2,1-3H3/b12-9-,17-14-,21-18-,26-23-,31-28-,40-37-. The molecule has 60 heavy (non-hydrogen) atoms. The van der Waals surface area contributed by atoms with E-state index < -0.39 is 6.10 Å². The van der Waals surface area contributed by atoms with Gasteiger partial charge in [-0.15, -0.1) is 0 Å². The van der Waals surface area contributed by atoms with E-state index in [9.17, 15) is 14.4 Å². The van der Waals surface area contributed by atoms with Crippen molar-refractivity contribution < 1.29 is 28.6 Å². The lowest BCUT2D eigenvalue weighted by Crippen LogP contribution is -2.30. The van der Waals surface area contributed by atoms with E-state index in [-0.39, 0.29) is 37.5 Å². The molecule has 0 saturated carbocycles. The molecule has 0 bridgehead atoms. The Morgan fingerprint density at radius 3 is 1.17 bits per heavy atom. The normalized spacial score (nSPS) is 12.7. The average Bonchev–Trinajstić information content (AvgIpc) is 3.24. The minimum atomic E-state index is -0.808. The Labute approximate surface area is 370 Å². The highest BCUT2D eigenvalue weighted by Gasteiger charge is 2.19. The Balaban J connectivity index is 4.47. The van der Waals surface area contributed by atoms with Crippen molar-refractivity contribution in [1.29, 1.82) is 0 Å². The molecule has 0 aromatic carbocycles. The fourth-order valence-electron chi connectivity index (χ4n) is 6.71. The Hall–Kier alpha value is -3.15. The van der Waals surface area contributed by atoms with E-state index in [1.807, 2.05) is 12.2 Å². The third kappa shape index (κ3) is 45.9. The van der Waals surface area contributed by atoms with Gasteiger partial charge in [0, 0.05) is 19.3 Å². The summed E-state index contributed by atoms with van der Waals surface area (Å²) in [4.78, 5) is 37.9. The van der Waals surface area contributed by atoms with Gasteiger partial charge < -0.3 is 14.2 Å². The maximum absolute atomic E-state index is 12.8. The molecule has 1 atom stereocenters. The number of carbonyl (C=O) groups excluding carboxylic acids is 3. The molecule has 0 spiro atoms. The van der Waals surface area contributed by atoms with Gasteiger partial charge in [0.2, 0.25) is 0 Å². The minimum absolute atomic E-state index is 0.102. The summed E-state index contributed by atoms with van der Waals surface area (Å²) in [6.45, 7) is 6.40. The molecule has 0 rings (SSSR count). The van der Waals surface area contributed by atoms with Crippen LogP contribution in [0.2, 0.25) is 0 Å². The number of unbranched alkanes of at least 4 members (excludes halogenated alkanes) is 21. The molecule has 0 aromatic rings. The lowest BCUT2D eigenvalue weighted by Gasteiger charge is -2.18. The molecule has 0 saturated heterocycles. The molecule has 0 fully saturated rings. The summed E-state index contributed by atoms with van der Waals surface area (Å²) in [5.41, 5.74) is 0. The first-order chi connectivity index (χ1) is 29.5. The van der Waals surface area contributed by atoms with Gasteiger partial charge in [-0.05, 0) is 70.6 Å². The second kappa shape index (κ2) is 48.5. The van der Waals surface area contributed by atoms with Crippen molar-refractivity contribution >= 4 is 17.9 Å².